The van der Waals surface area contributed by atoms with Gasteiger partial charge in [0.25, 0.3) is 0 Å². The highest BCUT2D eigenvalue weighted by atomic mass is 35.5. The van der Waals surface area contributed by atoms with Gasteiger partial charge in [-0.1, -0.05) is 38.3 Å². The predicted molar refractivity (Wildman–Crippen MR) is 145 cm³/mol. The Hall–Kier alpha value is -4.17. The van der Waals surface area contributed by atoms with Gasteiger partial charge in [0.05, 0.1) is 40.5 Å². The van der Waals surface area contributed by atoms with E-state index in [0.717, 1.165) is 25.7 Å². The number of carbonyl (C=O) groups excluding carboxylic acids is 4. The van der Waals surface area contributed by atoms with Crippen molar-refractivity contribution in [2.45, 2.75) is 39.5 Å². The first kappa shape index (κ1) is 29.4. The molecular formula is C30H29ClO8. The molecule has 0 heterocycles. The van der Waals surface area contributed by atoms with Crippen molar-refractivity contribution in [3.8, 4) is 11.5 Å². The maximum absolute atomic E-state index is 12.6. The first-order valence-electron chi connectivity index (χ1n) is 12.6. The molecule has 39 heavy (non-hydrogen) atoms. The summed E-state index contributed by atoms with van der Waals surface area (Å²) in [4.78, 5) is 49.2. The van der Waals surface area contributed by atoms with Crippen LogP contribution in [-0.4, -0.2) is 37.1 Å². The third-order valence-electron chi connectivity index (χ3n) is 5.49. The number of halogens is 1. The molecule has 0 aliphatic rings. The average molecular weight is 553 g/mol. The molecule has 0 aliphatic carbocycles. The number of hydrogen-bond acceptors (Lipinski definition) is 8. The summed E-state index contributed by atoms with van der Waals surface area (Å²) >= 11 is 6.25. The standard InChI is InChI=1S/C30H29ClO8/c1-3-5-17-36-27(32)20-7-12-23(13-8-20)38-29(34)22-11-16-25(26(31)19-22)30(35)39-24-14-9-21(10-15-24)28(33)37-18-6-4-2/h7-16,19H,3-6,17-18H2,1-2H3. The maximum Gasteiger partial charge on any atom is 0.345 e. The molecule has 0 unspecified atom stereocenters. The van der Waals surface area contributed by atoms with Gasteiger partial charge in [0, 0.05) is 0 Å². The van der Waals surface area contributed by atoms with Gasteiger partial charge in [0.1, 0.15) is 11.5 Å². The molecule has 0 aromatic heterocycles. The first-order valence-corrected chi connectivity index (χ1v) is 13.0. The van der Waals surface area contributed by atoms with Crippen LogP contribution in [0.5, 0.6) is 11.5 Å². The Morgan fingerprint density at radius 3 is 1.46 bits per heavy atom. The summed E-state index contributed by atoms with van der Waals surface area (Å²) in [6.45, 7) is 4.69. The summed E-state index contributed by atoms with van der Waals surface area (Å²) in [6.07, 6.45) is 3.40. The third kappa shape index (κ3) is 8.68. The molecule has 0 spiro atoms. The minimum absolute atomic E-state index is 0.00394. The van der Waals surface area contributed by atoms with Crippen LogP contribution >= 0.6 is 11.6 Å². The lowest BCUT2D eigenvalue weighted by atomic mass is 10.1. The van der Waals surface area contributed by atoms with Crippen molar-refractivity contribution >= 4 is 35.5 Å². The molecule has 9 heteroatoms. The molecular weight excluding hydrogens is 524 g/mol. The van der Waals surface area contributed by atoms with E-state index in [9.17, 15) is 19.2 Å². The Morgan fingerprint density at radius 1 is 0.590 bits per heavy atom. The van der Waals surface area contributed by atoms with Gasteiger partial charge in [-0.05, 0) is 79.6 Å². The van der Waals surface area contributed by atoms with E-state index in [4.69, 9.17) is 30.5 Å². The van der Waals surface area contributed by atoms with E-state index in [-0.39, 0.29) is 27.6 Å². The quantitative estimate of drug-likeness (QED) is 0.139. The van der Waals surface area contributed by atoms with Crippen LogP contribution < -0.4 is 9.47 Å². The second-order valence-electron chi connectivity index (χ2n) is 8.50. The number of esters is 4. The van der Waals surface area contributed by atoms with Crippen molar-refractivity contribution in [3.05, 3.63) is 94.0 Å². The highest BCUT2D eigenvalue weighted by Crippen LogP contribution is 2.23. The normalized spacial score (nSPS) is 10.4. The van der Waals surface area contributed by atoms with E-state index in [2.05, 4.69) is 0 Å². The lowest BCUT2D eigenvalue weighted by Gasteiger charge is -2.09. The molecule has 0 saturated carbocycles. The Kier molecular flexibility index (Phi) is 11.1. The number of rotatable bonds is 12. The number of carbonyl (C=O) groups is 4. The zero-order chi connectivity index (χ0) is 28.2. The molecule has 0 bridgehead atoms. The molecule has 3 rings (SSSR count). The lowest BCUT2D eigenvalue weighted by molar-refractivity contribution is 0.0490. The van der Waals surface area contributed by atoms with Crippen molar-refractivity contribution in [2.24, 2.45) is 0 Å². The molecule has 0 fully saturated rings. The largest absolute Gasteiger partial charge is 0.462 e. The topological polar surface area (TPSA) is 105 Å². The smallest absolute Gasteiger partial charge is 0.345 e. The molecule has 0 N–H and O–H groups in total. The summed E-state index contributed by atoms with van der Waals surface area (Å²) < 4.78 is 21.0. The van der Waals surface area contributed by atoms with E-state index < -0.39 is 23.9 Å². The molecule has 0 amide bonds. The van der Waals surface area contributed by atoms with Crippen LogP contribution in [0.1, 0.15) is 81.0 Å². The highest BCUT2D eigenvalue weighted by Gasteiger charge is 2.18. The molecule has 0 saturated heterocycles. The van der Waals surface area contributed by atoms with Gasteiger partial charge in [0.2, 0.25) is 0 Å². The first-order chi connectivity index (χ1) is 18.8. The number of ether oxygens (including phenoxy) is 4. The van der Waals surface area contributed by atoms with Gasteiger partial charge in [-0.3, -0.25) is 0 Å². The van der Waals surface area contributed by atoms with Crippen LogP contribution in [0.3, 0.4) is 0 Å². The predicted octanol–water partition coefficient (Wildman–Crippen LogP) is 6.69. The van der Waals surface area contributed by atoms with Crippen molar-refractivity contribution < 1.29 is 38.1 Å². The summed E-state index contributed by atoms with van der Waals surface area (Å²) in [6, 6.07) is 16.0. The Morgan fingerprint density at radius 2 is 1.03 bits per heavy atom. The summed E-state index contributed by atoms with van der Waals surface area (Å²) in [5, 5.41) is -0.00394. The van der Waals surface area contributed by atoms with E-state index in [0.29, 0.717) is 24.3 Å². The second-order valence-corrected chi connectivity index (χ2v) is 8.91. The Bertz CT molecular complexity index is 1300. The molecule has 0 radical (unpaired) electrons. The van der Waals surface area contributed by atoms with Crippen molar-refractivity contribution in [3.63, 3.8) is 0 Å². The second kappa shape index (κ2) is 14.7. The van der Waals surface area contributed by atoms with Crippen LogP contribution in [0.25, 0.3) is 0 Å². The number of benzene rings is 3. The van der Waals surface area contributed by atoms with Gasteiger partial charge in [0.15, 0.2) is 0 Å². The fourth-order valence-corrected chi connectivity index (χ4v) is 3.50. The lowest BCUT2D eigenvalue weighted by Crippen LogP contribution is -2.12. The van der Waals surface area contributed by atoms with Crippen LogP contribution in [0, 0.1) is 0 Å². The molecule has 3 aromatic rings. The van der Waals surface area contributed by atoms with Crippen molar-refractivity contribution in [1.82, 2.24) is 0 Å². The fraction of sp³-hybridized carbons (Fsp3) is 0.267. The highest BCUT2D eigenvalue weighted by molar-refractivity contribution is 6.34. The summed E-state index contributed by atoms with van der Waals surface area (Å²) in [7, 11) is 0. The molecule has 3 aromatic carbocycles. The van der Waals surface area contributed by atoms with E-state index >= 15 is 0 Å². The van der Waals surface area contributed by atoms with E-state index in [1.807, 2.05) is 13.8 Å². The van der Waals surface area contributed by atoms with Gasteiger partial charge < -0.3 is 18.9 Å². The SMILES string of the molecule is CCCCOC(=O)c1ccc(OC(=O)c2ccc(C(=O)Oc3ccc(C(=O)OCCCC)cc3)c(Cl)c2)cc1. The van der Waals surface area contributed by atoms with Gasteiger partial charge in [-0.2, -0.15) is 0 Å². The Labute approximate surface area is 231 Å². The van der Waals surface area contributed by atoms with Crippen LogP contribution in [0.2, 0.25) is 5.02 Å². The van der Waals surface area contributed by atoms with Crippen LogP contribution in [0.4, 0.5) is 0 Å². The van der Waals surface area contributed by atoms with Crippen LogP contribution in [0.15, 0.2) is 66.7 Å². The summed E-state index contributed by atoms with van der Waals surface area (Å²) in [5.41, 5.74) is 0.847. The zero-order valence-electron chi connectivity index (χ0n) is 21.7. The van der Waals surface area contributed by atoms with E-state index in [1.165, 1.54) is 66.7 Å². The monoisotopic (exact) mass is 552 g/mol. The van der Waals surface area contributed by atoms with E-state index in [1.54, 1.807) is 0 Å². The minimum atomic E-state index is -0.736. The number of hydrogen-bond donors (Lipinski definition) is 0. The molecule has 8 nitrogen and oxygen atoms in total. The van der Waals surface area contributed by atoms with Gasteiger partial charge in [-0.15, -0.1) is 0 Å². The third-order valence-corrected chi connectivity index (χ3v) is 5.80. The zero-order valence-corrected chi connectivity index (χ0v) is 22.5. The fourth-order valence-electron chi connectivity index (χ4n) is 3.24. The van der Waals surface area contributed by atoms with Gasteiger partial charge in [-0.25, -0.2) is 19.2 Å². The maximum atomic E-state index is 12.6. The number of unbranched alkanes of at least 4 members (excludes halogenated alkanes) is 2. The van der Waals surface area contributed by atoms with Crippen molar-refractivity contribution in [2.75, 3.05) is 13.2 Å². The molecule has 0 atom stereocenters. The average Bonchev–Trinajstić information content (AvgIpc) is 2.93. The minimum Gasteiger partial charge on any atom is -0.462 e. The van der Waals surface area contributed by atoms with Crippen molar-refractivity contribution in [1.29, 1.82) is 0 Å². The Balaban J connectivity index is 1.57. The summed E-state index contributed by atoms with van der Waals surface area (Å²) in [5.74, 6) is -1.90. The van der Waals surface area contributed by atoms with Crippen LogP contribution in [-0.2, 0) is 9.47 Å². The molecule has 0 aliphatic heterocycles. The molecule has 204 valence electrons. The van der Waals surface area contributed by atoms with Gasteiger partial charge >= 0.3 is 23.9 Å².